The fourth-order valence-electron chi connectivity index (χ4n) is 2.22. The van der Waals surface area contributed by atoms with E-state index in [4.69, 9.17) is 0 Å². The highest BCUT2D eigenvalue weighted by molar-refractivity contribution is 7.98. The summed E-state index contributed by atoms with van der Waals surface area (Å²) in [6.45, 7) is 4.22. The van der Waals surface area contributed by atoms with E-state index in [1.807, 2.05) is 12.5 Å². The van der Waals surface area contributed by atoms with E-state index in [0.717, 1.165) is 10.5 Å². The van der Waals surface area contributed by atoms with Gasteiger partial charge in [0.15, 0.2) is 0 Å². The predicted molar refractivity (Wildman–Crippen MR) is 78.5 cm³/mol. The minimum absolute atomic E-state index is 1.06. The topological polar surface area (TPSA) is 41.6 Å². The lowest BCUT2D eigenvalue weighted by atomic mass is 10.1. The maximum Gasteiger partial charge on any atom is 0.117 e. The largest absolute Gasteiger partial charge is 0.364 e. The molecule has 3 aromatic heterocycles. The molecule has 3 rings (SSSR count). The first-order valence-electron chi connectivity index (χ1n) is 5.63. The molecule has 0 aliphatic carbocycles. The molecule has 0 atom stereocenters. The molecule has 0 fully saturated rings. The number of nitrogens with zero attached hydrogens (tertiary/aromatic N) is 2. The Morgan fingerprint density at radius 2 is 2.11 bits per heavy atom. The van der Waals surface area contributed by atoms with Gasteiger partial charge >= 0.3 is 0 Å². The highest BCUT2D eigenvalue weighted by atomic mass is 32.2. The number of aryl methyl sites for hydroxylation is 2. The zero-order chi connectivity index (χ0) is 12.7. The normalized spacial score (nSPS) is 11.3. The van der Waals surface area contributed by atoms with Crippen LogP contribution < -0.4 is 0 Å². The Kier molecular flexibility index (Phi) is 2.87. The Hall–Kier alpha value is -1.33. The SMILES string of the molecule is CSc1ncnc2c(-c3c(C)c[nH]c3C)csc12. The van der Waals surface area contributed by atoms with Gasteiger partial charge in [-0.2, -0.15) is 0 Å². The zero-order valence-corrected chi connectivity index (χ0v) is 12.1. The van der Waals surface area contributed by atoms with Gasteiger partial charge in [0.1, 0.15) is 11.4 Å². The average Bonchev–Trinajstić information content (AvgIpc) is 2.93. The molecule has 3 heterocycles. The lowest BCUT2D eigenvalue weighted by molar-refractivity contribution is 1.11. The third-order valence-corrected chi connectivity index (χ3v) is 4.86. The third-order valence-electron chi connectivity index (χ3n) is 3.06. The lowest BCUT2D eigenvalue weighted by Crippen LogP contribution is -1.85. The monoisotopic (exact) mass is 275 g/mol. The molecular weight excluding hydrogens is 262 g/mol. The number of thioether (sulfide) groups is 1. The molecule has 0 bridgehead atoms. The van der Waals surface area contributed by atoms with Crippen LogP contribution in [0.3, 0.4) is 0 Å². The summed E-state index contributed by atoms with van der Waals surface area (Å²) in [5.74, 6) is 0. The van der Waals surface area contributed by atoms with Gasteiger partial charge in [-0.3, -0.25) is 0 Å². The van der Waals surface area contributed by atoms with Gasteiger partial charge in [-0.15, -0.1) is 23.1 Å². The van der Waals surface area contributed by atoms with E-state index in [2.05, 4.69) is 34.2 Å². The Labute approximate surface area is 114 Å². The number of rotatable bonds is 2. The van der Waals surface area contributed by atoms with Gasteiger partial charge in [-0.1, -0.05) is 0 Å². The van der Waals surface area contributed by atoms with Crippen LogP contribution in [-0.4, -0.2) is 21.2 Å². The number of nitrogens with one attached hydrogen (secondary N) is 1. The third kappa shape index (κ3) is 1.66. The van der Waals surface area contributed by atoms with Crippen LogP contribution in [0.1, 0.15) is 11.3 Å². The highest BCUT2D eigenvalue weighted by Gasteiger charge is 2.15. The zero-order valence-electron chi connectivity index (χ0n) is 10.4. The first kappa shape index (κ1) is 11.7. The second kappa shape index (κ2) is 4.40. The Morgan fingerprint density at radius 1 is 1.28 bits per heavy atom. The number of thiophene rings is 1. The van der Waals surface area contributed by atoms with Crippen LogP contribution in [0.25, 0.3) is 21.3 Å². The molecule has 0 radical (unpaired) electrons. The van der Waals surface area contributed by atoms with E-state index in [1.54, 1.807) is 29.4 Å². The van der Waals surface area contributed by atoms with Crippen LogP contribution in [0.4, 0.5) is 0 Å². The first-order chi connectivity index (χ1) is 8.72. The molecule has 5 heteroatoms. The van der Waals surface area contributed by atoms with Gasteiger partial charge in [-0.05, 0) is 25.7 Å². The maximum absolute atomic E-state index is 4.46. The number of fused-ring (bicyclic) bond motifs is 1. The fraction of sp³-hybridized carbons (Fsp3) is 0.231. The summed E-state index contributed by atoms with van der Waals surface area (Å²) in [6.07, 6.45) is 5.75. The molecule has 3 aromatic rings. The molecule has 92 valence electrons. The number of hydrogen-bond acceptors (Lipinski definition) is 4. The van der Waals surface area contributed by atoms with E-state index in [1.165, 1.54) is 27.1 Å². The molecule has 0 aromatic carbocycles. The summed E-state index contributed by atoms with van der Waals surface area (Å²) in [4.78, 5) is 12.1. The summed E-state index contributed by atoms with van der Waals surface area (Å²) in [7, 11) is 0. The lowest BCUT2D eigenvalue weighted by Gasteiger charge is -2.01. The molecule has 0 aliphatic rings. The quantitative estimate of drug-likeness (QED) is 0.567. The Morgan fingerprint density at radius 3 is 2.78 bits per heavy atom. The van der Waals surface area contributed by atoms with Crippen molar-refractivity contribution in [1.29, 1.82) is 0 Å². The van der Waals surface area contributed by atoms with E-state index in [-0.39, 0.29) is 0 Å². The van der Waals surface area contributed by atoms with Crippen molar-refractivity contribution in [2.24, 2.45) is 0 Å². The van der Waals surface area contributed by atoms with Crippen molar-refractivity contribution in [3.63, 3.8) is 0 Å². The van der Waals surface area contributed by atoms with Crippen molar-refractivity contribution >= 4 is 33.3 Å². The minimum atomic E-state index is 1.06. The van der Waals surface area contributed by atoms with E-state index in [0.29, 0.717) is 0 Å². The summed E-state index contributed by atoms with van der Waals surface area (Å²) in [5, 5.41) is 3.24. The standard InChI is InChI=1S/C13H13N3S2/c1-7-4-14-8(2)10(7)9-5-18-12-11(9)15-6-16-13(12)17-3/h4-6,14H,1-3H3. The number of aromatic nitrogens is 3. The van der Waals surface area contributed by atoms with E-state index >= 15 is 0 Å². The molecule has 18 heavy (non-hydrogen) atoms. The van der Waals surface area contributed by atoms with Crippen LogP contribution in [0, 0.1) is 13.8 Å². The van der Waals surface area contributed by atoms with Crippen molar-refractivity contribution in [1.82, 2.24) is 15.0 Å². The summed E-state index contributed by atoms with van der Waals surface area (Å²) in [5.41, 5.74) is 5.99. The molecule has 3 nitrogen and oxygen atoms in total. The number of aromatic amines is 1. The molecule has 0 aliphatic heterocycles. The van der Waals surface area contributed by atoms with Gasteiger partial charge in [0.2, 0.25) is 0 Å². The highest BCUT2D eigenvalue weighted by Crippen LogP contribution is 2.38. The van der Waals surface area contributed by atoms with E-state index in [9.17, 15) is 0 Å². The van der Waals surface area contributed by atoms with Gasteiger partial charge in [0.25, 0.3) is 0 Å². The maximum atomic E-state index is 4.46. The van der Waals surface area contributed by atoms with Crippen LogP contribution >= 0.6 is 23.1 Å². The van der Waals surface area contributed by atoms with Crippen molar-refractivity contribution in [3.8, 4) is 11.1 Å². The molecule has 1 N–H and O–H groups in total. The summed E-state index contributed by atoms with van der Waals surface area (Å²) >= 11 is 3.39. The predicted octanol–water partition coefficient (Wildman–Crippen LogP) is 4.03. The van der Waals surface area contributed by atoms with Crippen molar-refractivity contribution < 1.29 is 0 Å². The van der Waals surface area contributed by atoms with E-state index < -0.39 is 0 Å². The smallest absolute Gasteiger partial charge is 0.117 e. The fourth-order valence-corrected chi connectivity index (χ4v) is 3.95. The van der Waals surface area contributed by atoms with Gasteiger partial charge < -0.3 is 4.98 Å². The van der Waals surface area contributed by atoms with Gasteiger partial charge in [0.05, 0.1) is 10.2 Å². The van der Waals surface area contributed by atoms with Gasteiger partial charge in [-0.25, -0.2) is 9.97 Å². The molecule has 0 spiro atoms. The molecule has 0 saturated carbocycles. The Balaban J connectivity index is 2.32. The van der Waals surface area contributed by atoms with Crippen LogP contribution in [0.15, 0.2) is 22.9 Å². The van der Waals surface area contributed by atoms with Gasteiger partial charge in [0, 0.05) is 28.4 Å². The average molecular weight is 275 g/mol. The van der Waals surface area contributed by atoms with Crippen LogP contribution in [0.5, 0.6) is 0 Å². The second-order valence-corrected chi connectivity index (χ2v) is 5.86. The van der Waals surface area contributed by atoms with Crippen LogP contribution in [-0.2, 0) is 0 Å². The van der Waals surface area contributed by atoms with Crippen molar-refractivity contribution in [3.05, 3.63) is 29.2 Å². The van der Waals surface area contributed by atoms with Crippen LogP contribution in [0.2, 0.25) is 0 Å². The molecule has 0 amide bonds. The van der Waals surface area contributed by atoms with Crippen molar-refractivity contribution in [2.45, 2.75) is 18.9 Å². The number of H-pyrrole nitrogens is 1. The number of hydrogen-bond donors (Lipinski definition) is 1. The minimum Gasteiger partial charge on any atom is -0.364 e. The Bertz CT molecular complexity index is 693. The molecule has 0 unspecified atom stereocenters. The first-order valence-corrected chi connectivity index (χ1v) is 7.74. The van der Waals surface area contributed by atoms with Crippen molar-refractivity contribution in [2.75, 3.05) is 6.26 Å². The second-order valence-electron chi connectivity index (χ2n) is 4.18. The summed E-state index contributed by atoms with van der Waals surface area (Å²) in [6, 6.07) is 0. The summed E-state index contributed by atoms with van der Waals surface area (Å²) < 4.78 is 1.18. The molecule has 0 saturated heterocycles. The molecular formula is C13H13N3S2.